The molecule has 111 heavy (non-hydrogen) atoms. The first-order valence-corrected chi connectivity index (χ1v) is 38.1. The molecule has 0 spiro atoms. The first-order valence-electron chi connectivity index (χ1n) is 38.1. The maximum Gasteiger partial charge on any atom is 0.143 e. The van der Waals surface area contributed by atoms with Crippen LogP contribution in [0, 0.1) is 0 Å². The van der Waals surface area contributed by atoms with Gasteiger partial charge in [-0.3, -0.25) is 0 Å². The average Bonchev–Trinajstić information content (AvgIpc) is 1.56. The van der Waals surface area contributed by atoms with E-state index in [1.54, 1.807) is 0 Å². The van der Waals surface area contributed by atoms with E-state index in [-0.39, 0.29) is 5.41 Å². The van der Waals surface area contributed by atoms with Gasteiger partial charge in [0.05, 0.1) is 11.0 Å². The standard InChI is InChI=1S/C105H69N3O3/c1-105(2)95-64-80(58-60-85(95)86-61-59-81(65-96(86)105)108-97-33-8-3-22-87(97)88-23-4-9-34-98(88)108)107(79-56-46-70(47-57-79)84-29-17-32-94-91-26-7-12-37-101(91)111-104(84)94)78-50-40-67(41-51-78)72-19-14-21-74(63-72)73-20-13-18-71(62-73)66-38-48-75(49-39-66)106(76-52-42-68(43-53-76)82-27-15-30-92-89-24-5-10-35-99(89)109-102(82)92)77-54-44-69(45-55-77)83-28-16-31-93-90-25-6-11-36-100(90)110-103(83)93/h3-65H,1-2H3. The first-order chi connectivity index (χ1) is 54.8. The molecule has 0 radical (unpaired) electrons. The highest BCUT2D eigenvalue weighted by Gasteiger charge is 2.37. The smallest absolute Gasteiger partial charge is 0.143 e. The van der Waals surface area contributed by atoms with Crippen molar-refractivity contribution in [2.45, 2.75) is 19.3 Å². The van der Waals surface area contributed by atoms with Crippen LogP contribution in [0.2, 0.25) is 0 Å². The van der Waals surface area contributed by atoms with Crippen LogP contribution in [0.4, 0.5) is 34.1 Å². The van der Waals surface area contributed by atoms with Crippen molar-refractivity contribution < 1.29 is 13.3 Å². The molecule has 0 fully saturated rings. The summed E-state index contributed by atoms with van der Waals surface area (Å²) in [6, 6.07) is 139. The molecule has 4 aromatic heterocycles. The number of fused-ring (bicyclic) bond motifs is 15. The molecule has 1 aliphatic rings. The zero-order valence-electron chi connectivity index (χ0n) is 60.9. The van der Waals surface area contributed by atoms with Gasteiger partial charge in [0, 0.05) is 105 Å². The number of nitrogens with zero attached hydrogens (tertiary/aromatic N) is 3. The van der Waals surface area contributed by atoms with Crippen LogP contribution in [-0.2, 0) is 5.41 Å². The fraction of sp³-hybridized carbons (Fsp3) is 0.0286. The summed E-state index contributed by atoms with van der Waals surface area (Å²) in [7, 11) is 0. The molecule has 6 heteroatoms. The van der Waals surface area contributed by atoms with E-state index in [1.807, 2.05) is 30.3 Å². The van der Waals surface area contributed by atoms with Crippen molar-refractivity contribution in [1.29, 1.82) is 0 Å². The topological polar surface area (TPSA) is 50.8 Å². The predicted octanol–water partition coefficient (Wildman–Crippen LogP) is 29.7. The highest BCUT2D eigenvalue weighted by molar-refractivity contribution is 6.13. The molecule has 0 N–H and O–H groups in total. The van der Waals surface area contributed by atoms with Gasteiger partial charge in [0.25, 0.3) is 0 Å². The maximum atomic E-state index is 6.58. The number of rotatable bonds is 13. The molecule has 0 aliphatic heterocycles. The Balaban J connectivity index is 0.579. The molecule has 0 unspecified atom stereocenters. The van der Waals surface area contributed by atoms with Gasteiger partial charge in [-0.15, -0.1) is 0 Å². The van der Waals surface area contributed by atoms with Crippen molar-refractivity contribution in [2.75, 3.05) is 9.80 Å². The summed E-state index contributed by atoms with van der Waals surface area (Å²) in [6.07, 6.45) is 0. The van der Waals surface area contributed by atoms with Crippen molar-refractivity contribution >= 4 is 122 Å². The van der Waals surface area contributed by atoms with Gasteiger partial charge in [0.1, 0.15) is 33.5 Å². The Kier molecular flexibility index (Phi) is 14.6. The fourth-order valence-electron chi connectivity index (χ4n) is 17.7. The molecule has 4 heterocycles. The lowest BCUT2D eigenvalue weighted by atomic mass is 9.82. The van der Waals surface area contributed by atoms with Crippen LogP contribution < -0.4 is 9.80 Å². The molecule has 522 valence electrons. The molecule has 6 nitrogen and oxygen atoms in total. The van der Waals surface area contributed by atoms with Crippen LogP contribution in [0.15, 0.2) is 395 Å². The Bertz CT molecular complexity index is 7070. The van der Waals surface area contributed by atoms with Gasteiger partial charge in [-0.25, -0.2) is 0 Å². The average molecular weight is 1420 g/mol. The molecule has 1 aliphatic carbocycles. The summed E-state index contributed by atoms with van der Waals surface area (Å²) in [5, 5.41) is 9.22. The Labute approximate surface area is 641 Å². The van der Waals surface area contributed by atoms with Gasteiger partial charge in [0.2, 0.25) is 0 Å². The Morgan fingerprint density at radius 2 is 0.514 bits per heavy atom. The normalized spacial score (nSPS) is 12.5. The zero-order chi connectivity index (χ0) is 73.4. The van der Waals surface area contributed by atoms with E-state index in [1.165, 1.54) is 49.7 Å². The quantitative estimate of drug-likeness (QED) is 0.115. The molecule has 22 rings (SSSR count). The van der Waals surface area contributed by atoms with Crippen molar-refractivity contribution in [3.63, 3.8) is 0 Å². The SMILES string of the molecule is CC1(C)c2cc(N(c3ccc(-c4cccc(-c5cccc(-c6ccc(N(c7ccc(-c8cccc9c8oc8ccccc89)cc7)c7ccc(-c8cccc9c8oc8ccccc89)cc7)cc6)c5)c4)cc3)c3ccc(-c4cccc5c4oc4ccccc45)cc3)ccc2-c2ccc(-n3c4ccccc4c4ccccc43)cc21. The van der Waals surface area contributed by atoms with E-state index in [0.717, 1.165) is 167 Å². The molecule has 0 bridgehead atoms. The third-order valence-corrected chi connectivity index (χ3v) is 23.2. The lowest BCUT2D eigenvalue weighted by Gasteiger charge is -2.28. The van der Waals surface area contributed by atoms with E-state index in [0.29, 0.717) is 0 Å². The third kappa shape index (κ3) is 10.5. The molecular weight excluding hydrogens is 1350 g/mol. The molecule has 0 saturated heterocycles. The summed E-state index contributed by atoms with van der Waals surface area (Å²) < 4.78 is 22.1. The third-order valence-electron chi connectivity index (χ3n) is 23.2. The lowest BCUT2D eigenvalue weighted by Crippen LogP contribution is -2.17. The second kappa shape index (κ2) is 25.3. The largest absolute Gasteiger partial charge is 0.455 e. The van der Waals surface area contributed by atoms with Gasteiger partial charge in [-0.2, -0.15) is 0 Å². The summed E-state index contributed by atoms with van der Waals surface area (Å²) in [5.41, 5.74) is 33.4. The highest BCUT2D eigenvalue weighted by atomic mass is 16.3. The van der Waals surface area contributed by atoms with E-state index < -0.39 is 0 Å². The van der Waals surface area contributed by atoms with Crippen LogP contribution in [-0.4, -0.2) is 4.57 Å². The minimum Gasteiger partial charge on any atom is -0.455 e. The number of furan rings is 3. The number of hydrogen-bond donors (Lipinski definition) is 0. The monoisotopic (exact) mass is 1420 g/mol. The summed E-state index contributed by atoms with van der Waals surface area (Å²) in [5.74, 6) is 0. The lowest BCUT2D eigenvalue weighted by molar-refractivity contribution is 0.660. The zero-order valence-corrected chi connectivity index (χ0v) is 60.9. The molecule has 0 saturated carbocycles. The minimum absolute atomic E-state index is 0.299. The van der Waals surface area contributed by atoms with Gasteiger partial charge < -0.3 is 27.6 Å². The molecule has 17 aromatic carbocycles. The second-order valence-corrected chi connectivity index (χ2v) is 29.9. The highest BCUT2D eigenvalue weighted by Crippen LogP contribution is 2.53. The minimum atomic E-state index is -0.299. The van der Waals surface area contributed by atoms with Crippen LogP contribution in [0.3, 0.4) is 0 Å². The van der Waals surface area contributed by atoms with Gasteiger partial charge in [-0.1, -0.05) is 269 Å². The van der Waals surface area contributed by atoms with Crippen molar-refractivity contribution in [1.82, 2.24) is 4.57 Å². The molecule has 0 atom stereocenters. The van der Waals surface area contributed by atoms with Gasteiger partial charge in [-0.05, 0) is 200 Å². The number of hydrogen-bond acceptors (Lipinski definition) is 5. The number of anilines is 6. The van der Waals surface area contributed by atoms with Crippen LogP contribution in [0.5, 0.6) is 0 Å². The summed E-state index contributed by atoms with van der Waals surface area (Å²) >= 11 is 0. The van der Waals surface area contributed by atoms with E-state index in [4.69, 9.17) is 13.3 Å². The first kappa shape index (κ1) is 63.8. The maximum absolute atomic E-state index is 6.58. The summed E-state index contributed by atoms with van der Waals surface area (Å²) in [4.78, 5) is 4.75. The summed E-state index contributed by atoms with van der Waals surface area (Å²) in [6.45, 7) is 4.78. The van der Waals surface area contributed by atoms with E-state index in [9.17, 15) is 0 Å². The van der Waals surface area contributed by atoms with Gasteiger partial charge >= 0.3 is 0 Å². The van der Waals surface area contributed by atoms with Crippen LogP contribution in [0.25, 0.3) is 171 Å². The van der Waals surface area contributed by atoms with Crippen molar-refractivity contribution in [3.8, 4) is 83.6 Å². The van der Waals surface area contributed by atoms with Crippen LogP contribution in [0.1, 0.15) is 25.0 Å². The Hall–Kier alpha value is -14.5. The predicted molar refractivity (Wildman–Crippen MR) is 462 cm³/mol. The number of benzene rings is 17. The molecule has 21 aromatic rings. The Morgan fingerprint density at radius 3 is 0.910 bits per heavy atom. The van der Waals surface area contributed by atoms with E-state index in [2.05, 4.69) is 380 Å². The molecular formula is C105H69N3O3. The molecule has 0 amide bonds. The van der Waals surface area contributed by atoms with E-state index >= 15 is 0 Å². The fourth-order valence-corrected chi connectivity index (χ4v) is 17.7. The van der Waals surface area contributed by atoms with Crippen molar-refractivity contribution in [3.05, 3.63) is 393 Å². The van der Waals surface area contributed by atoms with Crippen molar-refractivity contribution in [2.24, 2.45) is 0 Å². The second-order valence-electron chi connectivity index (χ2n) is 29.9. The Morgan fingerprint density at radius 1 is 0.216 bits per heavy atom. The number of para-hydroxylation sites is 8. The van der Waals surface area contributed by atoms with Gasteiger partial charge in [0.15, 0.2) is 0 Å². The number of aromatic nitrogens is 1. The van der Waals surface area contributed by atoms with Crippen LogP contribution >= 0.6 is 0 Å².